The third-order valence-corrected chi connectivity index (χ3v) is 4.44. The van der Waals surface area contributed by atoms with E-state index < -0.39 is 0 Å². The van der Waals surface area contributed by atoms with E-state index in [0.717, 1.165) is 31.5 Å². The maximum Gasteiger partial charge on any atom is 0.247 e. The second-order valence-electron chi connectivity index (χ2n) is 7.92. The summed E-state index contributed by atoms with van der Waals surface area (Å²) < 4.78 is 0. The molecule has 2 N–H and O–H groups in total. The first-order chi connectivity index (χ1) is 8.69. The highest BCUT2D eigenvalue weighted by Crippen LogP contribution is 2.45. The van der Waals surface area contributed by atoms with Gasteiger partial charge in [-0.2, -0.15) is 0 Å². The highest BCUT2D eigenvalue weighted by molar-refractivity contribution is 5.94. The molecule has 3 nitrogen and oxygen atoms in total. The topological polar surface area (TPSA) is 41.1 Å². The summed E-state index contributed by atoms with van der Waals surface area (Å²) in [4.78, 5) is 12.3. The molecule has 0 aromatic rings. The molecule has 108 valence electrons. The molecule has 1 aliphatic heterocycles. The molecule has 0 atom stereocenters. The van der Waals surface area contributed by atoms with Crippen molar-refractivity contribution in [3.8, 4) is 0 Å². The van der Waals surface area contributed by atoms with Crippen LogP contribution in [0.4, 0.5) is 0 Å². The first-order valence-electron chi connectivity index (χ1n) is 7.39. The number of amides is 1. The summed E-state index contributed by atoms with van der Waals surface area (Å²) in [7, 11) is 0. The summed E-state index contributed by atoms with van der Waals surface area (Å²) in [5.41, 5.74) is 2.81. The van der Waals surface area contributed by atoms with E-state index in [-0.39, 0.29) is 5.91 Å². The predicted molar refractivity (Wildman–Crippen MR) is 78.9 cm³/mol. The molecule has 0 spiro atoms. The Labute approximate surface area is 117 Å². The van der Waals surface area contributed by atoms with Gasteiger partial charge in [0.25, 0.3) is 0 Å². The van der Waals surface area contributed by atoms with Gasteiger partial charge in [-0.15, -0.1) is 0 Å². The minimum Gasteiger partial charge on any atom is -0.350 e. The van der Waals surface area contributed by atoms with E-state index in [1.165, 1.54) is 12.0 Å². The van der Waals surface area contributed by atoms with Crippen LogP contribution in [0.15, 0.2) is 11.1 Å². The van der Waals surface area contributed by atoms with Gasteiger partial charge >= 0.3 is 0 Å². The lowest BCUT2D eigenvalue weighted by molar-refractivity contribution is -0.119. The fourth-order valence-electron chi connectivity index (χ4n) is 3.92. The fraction of sp³-hybridized carbons (Fsp3) is 0.812. The van der Waals surface area contributed by atoms with Gasteiger partial charge in [0.2, 0.25) is 5.91 Å². The Morgan fingerprint density at radius 3 is 2.11 bits per heavy atom. The number of carbonyl (C=O) groups is 1. The second kappa shape index (κ2) is 4.93. The van der Waals surface area contributed by atoms with Crippen LogP contribution in [0.2, 0.25) is 0 Å². The molecule has 0 radical (unpaired) electrons. The van der Waals surface area contributed by atoms with Crippen LogP contribution < -0.4 is 10.6 Å². The maximum atomic E-state index is 12.3. The maximum absolute atomic E-state index is 12.3. The quantitative estimate of drug-likeness (QED) is 0.753. The number of hydrogen-bond acceptors (Lipinski definition) is 2. The van der Waals surface area contributed by atoms with E-state index in [1.54, 1.807) is 0 Å². The van der Waals surface area contributed by atoms with Gasteiger partial charge in [0.1, 0.15) is 0 Å². The van der Waals surface area contributed by atoms with Crippen LogP contribution in [0, 0.1) is 10.8 Å². The summed E-state index contributed by atoms with van der Waals surface area (Å²) >= 11 is 0. The molecule has 1 heterocycles. The third kappa shape index (κ3) is 3.59. The van der Waals surface area contributed by atoms with Crippen LogP contribution in [-0.2, 0) is 4.79 Å². The molecule has 1 saturated heterocycles. The molecule has 1 amide bonds. The zero-order valence-corrected chi connectivity index (χ0v) is 13.0. The van der Waals surface area contributed by atoms with Crippen molar-refractivity contribution in [2.24, 2.45) is 10.8 Å². The van der Waals surface area contributed by atoms with Crippen molar-refractivity contribution < 1.29 is 4.79 Å². The molecule has 2 aliphatic rings. The lowest BCUT2D eigenvalue weighted by Crippen LogP contribution is -2.47. The van der Waals surface area contributed by atoms with Crippen LogP contribution >= 0.6 is 0 Å². The third-order valence-electron chi connectivity index (χ3n) is 4.44. The summed E-state index contributed by atoms with van der Waals surface area (Å²) in [5, 5.41) is 6.44. The van der Waals surface area contributed by atoms with Crippen LogP contribution in [0.3, 0.4) is 0 Å². The average molecular weight is 264 g/mol. The van der Waals surface area contributed by atoms with Gasteiger partial charge in [-0.05, 0) is 42.6 Å². The van der Waals surface area contributed by atoms with Crippen molar-refractivity contribution in [3.05, 3.63) is 11.1 Å². The van der Waals surface area contributed by atoms with E-state index in [1.807, 2.05) is 6.92 Å². The molecule has 0 aromatic heterocycles. The first kappa shape index (κ1) is 14.6. The summed E-state index contributed by atoms with van der Waals surface area (Å²) in [6.45, 7) is 13.0. The van der Waals surface area contributed by atoms with Crippen LogP contribution in [-0.4, -0.2) is 25.0 Å². The predicted octanol–water partition coefficient (Wildman–Crippen LogP) is 2.63. The number of rotatable bonds is 2. The lowest BCUT2D eigenvalue weighted by Gasteiger charge is -2.45. The largest absolute Gasteiger partial charge is 0.350 e. The number of nitrogens with one attached hydrogen (secondary N) is 2. The van der Waals surface area contributed by atoms with E-state index in [4.69, 9.17) is 0 Å². The molecule has 1 aliphatic carbocycles. The Bertz CT molecular complexity index is 385. The molecule has 1 saturated carbocycles. The van der Waals surface area contributed by atoms with Crippen molar-refractivity contribution in [3.63, 3.8) is 0 Å². The highest BCUT2D eigenvalue weighted by Gasteiger charge is 2.39. The zero-order valence-electron chi connectivity index (χ0n) is 13.0. The van der Waals surface area contributed by atoms with E-state index in [0.29, 0.717) is 16.9 Å². The van der Waals surface area contributed by atoms with Gasteiger partial charge in [-0.3, -0.25) is 4.79 Å². The van der Waals surface area contributed by atoms with Crippen molar-refractivity contribution >= 4 is 5.91 Å². The molecule has 0 unspecified atom stereocenters. The van der Waals surface area contributed by atoms with Gasteiger partial charge in [-0.1, -0.05) is 27.7 Å². The summed E-state index contributed by atoms with van der Waals surface area (Å²) in [5.74, 6) is 0.134. The van der Waals surface area contributed by atoms with Crippen molar-refractivity contribution in [1.29, 1.82) is 0 Å². The minimum atomic E-state index is 0.134. The highest BCUT2D eigenvalue weighted by atomic mass is 16.1. The molecule has 0 aromatic carbocycles. The average Bonchev–Trinajstić information content (AvgIpc) is 2.08. The van der Waals surface area contributed by atoms with Crippen molar-refractivity contribution in [1.82, 2.24) is 10.6 Å². The standard InChI is InChI=1S/C16H28N2O/c1-11(12-8-17-9-12)14(19)18-13-6-15(2,3)10-16(4,5)7-13/h13,17H,6-10H2,1-5H3,(H,18,19). The van der Waals surface area contributed by atoms with Gasteiger partial charge in [0.15, 0.2) is 0 Å². The smallest absolute Gasteiger partial charge is 0.247 e. The molecular formula is C16H28N2O. The molecular weight excluding hydrogens is 236 g/mol. The van der Waals surface area contributed by atoms with Crippen molar-refractivity contribution in [2.75, 3.05) is 13.1 Å². The molecule has 19 heavy (non-hydrogen) atoms. The SMILES string of the molecule is CC(C(=O)NC1CC(C)(C)CC(C)(C)C1)=C1CNC1. The molecule has 2 rings (SSSR count). The van der Waals surface area contributed by atoms with E-state index in [2.05, 4.69) is 38.3 Å². The van der Waals surface area contributed by atoms with E-state index in [9.17, 15) is 4.79 Å². The Balaban J connectivity index is 2.00. The van der Waals surface area contributed by atoms with Gasteiger partial charge in [0, 0.05) is 24.7 Å². The van der Waals surface area contributed by atoms with Gasteiger partial charge in [-0.25, -0.2) is 0 Å². The molecule has 3 heteroatoms. The lowest BCUT2D eigenvalue weighted by atomic mass is 9.63. The fourth-order valence-corrected chi connectivity index (χ4v) is 3.92. The van der Waals surface area contributed by atoms with Crippen LogP contribution in [0.1, 0.15) is 53.9 Å². The number of hydrogen-bond donors (Lipinski definition) is 2. The Kier molecular flexibility index (Phi) is 3.78. The minimum absolute atomic E-state index is 0.134. The van der Waals surface area contributed by atoms with Gasteiger partial charge in [0.05, 0.1) is 0 Å². The second-order valence-corrected chi connectivity index (χ2v) is 7.92. The number of carbonyl (C=O) groups excluding carboxylic acids is 1. The monoisotopic (exact) mass is 264 g/mol. The van der Waals surface area contributed by atoms with Crippen LogP contribution in [0.5, 0.6) is 0 Å². The normalized spacial score (nSPS) is 25.6. The molecule has 0 bridgehead atoms. The van der Waals surface area contributed by atoms with Crippen molar-refractivity contribution in [2.45, 2.75) is 59.9 Å². The Hall–Kier alpha value is -0.830. The summed E-state index contributed by atoms with van der Waals surface area (Å²) in [6.07, 6.45) is 3.41. The summed E-state index contributed by atoms with van der Waals surface area (Å²) in [6, 6.07) is 0.315. The Morgan fingerprint density at radius 1 is 1.16 bits per heavy atom. The molecule has 2 fully saturated rings. The van der Waals surface area contributed by atoms with Gasteiger partial charge < -0.3 is 10.6 Å². The first-order valence-corrected chi connectivity index (χ1v) is 7.39. The Morgan fingerprint density at radius 2 is 1.68 bits per heavy atom. The van der Waals surface area contributed by atoms with E-state index >= 15 is 0 Å². The zero-order chi connectivity index (χ0) is 14.3. The van der Waals surface area contributed by atoms with Crippen LogP contribution in [0.25, 0.3) is 0 Å².